The van der Waals surface area contributed by atoms with Gasteiger partial charge in [-0.3, -0.25) is 10.1 Å². The van der Waals surface area contributed by atoms with E-state index in [4.69, 9.17) is 12.2 Å². The lowest BCUT2D eigenvalue weighted by atomic mass is 10.2. The fraction of sp³-hybridized carbons (Fsp3) is 0.200. The molecule has 0 atom stereocenters. The van der Waals surface area contributed by atoms with E-state index < -0.39 is 0 Å². The number of hydrogen-bond donors (Lipinski definition) is 2. The van der Waals surface area contributed by atoms with E-state index in [0.717, 1.165) is 30.0 Å². The van der Waals surface area contributed by atoms with E-state index in [9.17, 15) is 4.79 Å². The van der Waals surface area contributed by atoms with Crippen molar-refractivity contribution in [3.8, 4) is 0 Å². The predicted molar refractivity (Wildman–Crippen MR) is 108 cm³/mol. The Kier molecular flexibility index (Phi) is 5.80. The Morgan fingerprint density at radius 3 is 2.44 bits per heavy atom. The maximum Gasteiger partial charge on any atom is 0.250 e. The standard InChI is InChI=1S/C20H21N3OS/c24-19(13-12-16-8-2-1-3-9-16)22-20(25)21-17-10-4-5-11-18(17)23-14-6-7-15-23/h1-5,8-13H,6-7,14-15H2,(H2,21,22,24,25). The largest absolute Gasteiger partial charge is 0.370 e. The Balaban J connectivity index is 1.59. The van der Waals surface area contributed by atoms with E-state index in [0.29, 0.717) is 5.11 Å². The zero-order valence-electron chi connectivity index (χ0n) is 13.9. The van der Waals surface area contributed by atoms with Crippen molar-refractivity contribution in [2.24, 2.45) is 0 Å². The lowest BCUT2D eigenvalue weighted by Gasteiger charge is -2.22. The van der Waals surface area contributed by atoms with Crippen LogP contribution in [0.4, 0.5) is 11.4 Å². The smallest absolute Gasteiger partial charge is 0.250 e. The van der Waals surface area contributed by atoms with Gasteiger partial charge >= 0.3 is 0 Å². The zero-order valence-corrected chi connectivity index (χ0v) is 14.8. The lowest BCUT2D eigenvalue weighted by Crippen LogP contribution is -2.33. The van der Waals surface area contributed by atoms with Crippen molar-refractivity contribution in [3.63, 3.8) is 0 Å². The Hall–Kier alpha value is -2.66. The average Bonchev–Trinajstić information content (AvgIpc) is 3.16. The molecule has 1 fully saturated rings. The van der Waals surface area contributed by atoms with Gasteiger partial charge in [0, 0.05) is 19.2 Å². The summed E-state index contributed by atoms with van der Waals surface area (Å²) in [6, 6.07) is 17.7. The van der Waals surface area contributed by atoms with E-state index in [1.54, 1.807) is 6.08 Å². The van der Waals surface area contributed by atoms with Crippen molar-refractivity contribution in [1.82, 2.24) is 5.32 Å². The molecular weight excluding hydrogens is 330 g/mol. The van der Waals surface area contributed by atoms with E-state index >= 15 is 0 Å². The maximum absolute atomic E-state index is 12.0. The molecule has 5 heteroatoms. The maximum atomic E-state index is 12.0. The number of nitrogens with zero attached hydrogens (tertiary/aromatic N) is 1. The molecule has 0 aliphatic carbocycles. The summed E-state index contributed by atoms with van der Waals surface area (Å²) in [5.74, 6) is -0.250. The number of carbonyl (C=O) groups excluding carboxylic acids is 1. The second kappa shape index (κ2) is 8.44. The number of nitrogens with one attached hydrogen (secondary N) is 2. The van der Waals surface area contributed by atoms with E-state index in [-0.39, 0.29) is 5.91 Å². The van der Waals surface area contributed by atoms with Gasteiger partial charge in [-0.2, -0.15) is 0 Å². The minimum Gasteiger partial charge on any atom is -0.370 e. The van der Waals surface area contributed by atoms with Gasteiger partial charge in [-0.1, -0.05) is 42.5 Å². The molecule has 2 N–H and O–H groups in total. The summed E-state index contributed by atoms with van der Waals surface area (Å²) in [4.78, 5) is 14.4. The molecule has 128 valence electrons. The number of rotatable bonds is 4. The molecule has 1 amide bonds. The first-order chi connectivity index (χ1) is 12.2. The van der Waals surface area contributed by atoms with Gasteiger partial charge < -0.3 is 10.2 Å². The number of hydrogen-bond acceptors (Lipinski definition) is 3. The van der Waals surface area contributed by atoms with Crippen LogP contribution in [0.15, 0.2) is 60.7 Å². The molecule has 25 heavy (non-hydrogen) atoms. The number of benzene rings is 2. The third-order valence-corrected chi connectivity index (χ3v) is 4.27. The van der Waals surface area contributed by atoms with Crippen LogP contribution in [0.2, 0.25) is 0 Å². The summed E-state index contributed by atoms with van der Waals surface area (Å²) in [6.07, 6.45) is 5.66. The van der Waals surface area contributed by atoms with E-state index in [2.05, 4.69) is 21.6 Å². The Morgan fingerprint density at radius 1 is 1.00 bits per heavy atom. The second-order valence-electron chi connectivity index (χ2n) is 5.90. The second-order valence-corrected chi connectivity index (χ2v) is 6.31. The minimum absolute atomic E-state index is 0.250. The van der Waals surface area contributed by atoms with Crippen LogP contribution < -0.4 is 15.5 Å². The minimum atomic E-state index is -0.250. The molecule has 3 rings (SSSR count). The van der Waals surface area contributed by atoms with Crippen LogP contribution in [-0.4, -0.2) is 24.1 Å². The fourth-order valence-electron chi connectivity index (χ4n) is 2.86. The highest BCUT2D eigenvalue weighted by atomic mass is 32.1. The van der Waals surface area contributed by atoms with Gasteiger partial charge in [-0.25, -0.2) is 0 Å². The van der Waals surface area contributed by atoms with Gasteiger partial charge in [0.05, 0.1) is 11.4 Å². The van der Waals surface area contributed by atoms with Crippen molar-refractivity contribution >= 4 is 40.7 Å². The highest BCUT2D eigenvalue weighted by Gasteiger charge is 2.15. The highest BCUT2D eigenvalue weighted by molar-refractivity contribution is 7.80. The van der Waals surface area contributed by atoms with Crippen molar-refractivity contribution in [2.75, 3.05) is 23.3 Å². The van der Waals surface area contributed by atoms with Crippen molar-refractivity contribution in [1.29, 1.82) is 0 Å². The first-order valence-electron chi connectivity index (χ1n) is 8.41. The SMILES string of the molecule is O=C(C=Cc1ccccc1)NC(=S)Nc1ccccc1N1CCCC1. The molecule has 0 spiro atoms. The topological polar surface area (TPSA) is 44.4 Å². The first kappa shape index (κ1) is 17.2. The molecule has 0 saturated carbocycles. The Morgan fingerprint density at radius 2 is 1.68 bits per heavy atom. The van der Waals surface area contributed by atoms with Gasteiger partial charge in [-0.05, 0) is 48.8 Å². The molecule has 1 saturated heterocycles. The monoisotopic (exact) mass is 351 g/mol. The molecule has 0 aromatic heterocycles. The van der Waals surface area contributed by atoms with Crippen LogP contribution in [-0.2, 0) is 4.79 Å². The third-order valence-electron chi connectivity index (χ3n) is 4.06. The summed E-state index contributed by atoms with van der Waals surface area (Å²) >= 11 is 5.28. The lowest BCUT2D eigenvalue weighted by molar-refractivity contribution is -0.115. The molecule has 2 aromatic rings. The zero-order chi connectivity index (χ0) is 17.5. The molecule has 1 aliphatic rings. The Labute approximate surface area is 153 Å². The van der Waals surface area contributed by atoms with Crippen LogP contribution in [0, 0.1) is 0 Å². The van der Waals surface area contributed by atoms with Crippen LogP contribution in [0.3, 0.4) is 0 Å². The molecule has 0 bridgehead atoms. The third kappa shape index (κ3) is 4.90. The fourth-order valence-corrected chi connectivity index (χ4v) is 3.07. The van der Waals surface area contributed by atoms with E-state index in [1.807, 2.05) is 48.5 Å². The van der Waals surface area contributed by atoms with Crippen molar-refractivity contribution in [3.05, 3.63) is 66.2 Å². The van der Waals surface area contributed by atoms with Crippen LogP contribution in [0.1, 0.15) is 18.4 Å². The first-order valence-corrected chi connectivity index (χ1v) is 8.82. The number of para-hydroxylation sites is 2. The van der Waals surface area contributed by atoms with E-state index in [1.165, 1.54) is 18.9 Å². The van der Waals surface area contributed by atoms with Crippen molar-refractivity contribution in [2.45, 2.75) is 12.8 Å². The van der Waals surface area contributed by atoms with Gasteiger partial charge in [-0.15, -0.1) is 0 Å². The van der Waals surface area contributed by atoms with Crippen LogP contribution >= 0.6 is 12.2 Å². The molecular formula is C20H21N3OS. The summed E-state index contributed by atoms with van der Waals surface area (Å²) in [7, 11) is 0. The van der Waals surface area contributed by atoms with Gasteiger partial charge in [0.25, 0.3) is 0 Å². The summed E-state index contributed by atoms with van der Waals surface area (Å²) in [5, 5.41) is 6.13. The number of carbonyl (C=O) groups is 1. The Bertz CT molecular complexity index is 768. The number of amides is 1. The van der Waals surface area contributed by atoms with Gasteiger partial charge in [0.2, 0.25) is 5.91 Å². The molecule has 1 aliphatic heterocycles. The molecule has 4 nitrogen and oxygen atoms in total. The highest BCUT2D eigenvalue weighted by Crippen LogP contribution is 2.28. The van der Waals surface area contributed by atoms with Gasteiger partial charge in [0.15, 0.2) is 5.11 Å². The predicted octanol–water partition coefficient (Wildman–Crippen LogP) is 3.81. The quantitative estimate of drug-likeness (QED) is 0.649. The summed E-state index contributed by atoms with van der Waals surface area (Å²) in [6.45, 7) is 2.11. The van der Waals surface area contributed by atoms with Crippen LogP contribution in [0.25, 0.3) is 6.08 Å². The number of thiocarbonyl (C=S) groups is 1. The molecule has 0 unspecified atom stereocenters. The molecule has 1 heterocycles. The molecule has 0 radical (unpaired) electrons. The van der Waals surface area contributed by atoms with Gasteiger partial charge in [0.1, 0.15) is 0 Å². The van der Waals surface area contributed by atoms with Crippen molar-refractivity contribution < 1.29 is 4.79 Å². The summed E-state index contributed by atoms with van der Waals surface area (Å²) in [5.41, 5.74) is 3.01. The number of anilines is 2. The molecule has 2 aromatic carbocycles. The summed E-state index contributed by atoms with van der Waals surface area (Å²) < 4.78 is 0. The average molecular weight is 351 g/mol. The normalized spacial score (nSPS) is 13.8. The van der Waals surface area contributed by atoms with Crippen LogP contribution in [0.5, 0.6) is 0 Å².